The number of aromatic nitrogens is 1. The van der Waals surface area contributed by atoms with E-state index < -0.39 is 5.41 Å². The molecule has 1 N–H and O–H groups in total. The molecule has 0 bridgehead atoms. The van der Waals surface area contributed by atoms with E-state index in [2.05, 4.69) is 10.3 Å². The Labute approximate surface area is 130 Å². The first kappa shape index (κ1) is 14.7. The highest BCUT2D eigenvalue weighted by Gasteiger charge is 2.41. The molecule has 0 saturated carbocycles. The van der Waals surface area contributed by atoms with E-state index in [1.54, 1.807) is 12.4 Å². The fraction of sp³-hybridized carbons (Fsp3) is 0.333. The summed E-state index contributed by atoms with van der Waals surface area (Å²) in [6, 6.07) is 13.9. The molecule has 1 aromatic carbocycles. The first-order valence-corrected chi connectivity index (χ1v) is 7.62. The minimum atomic E-state index is -0.484. The zero-order valence-electron chi connectivity index (χ0n) is 12.5. The van der Waals surface area contributed by atoms with Gasteiger partial charge in [0.15, 0.2) is 0 Å². The van der Waals surface area contributed by atoms with Gasteiger partial charge in [-0.1, -0.05) is 36.4 Å². The molecule has 0 unspecified atom stereocenters. The molecule has 4 heteroatoms. The average molecular weight is 296 g/mol. The zero-order valence-corrected chi connectivity index (χ0v) is 12.5. The largest absolute Gasteiger partial charge is 0.381 e. The molecule has 4 nitrogen and oxygen atoms in total. The number of rotatable bonds is 4. The van der Waals surface area contributed by atoms with Gasteiger partial charge in [-0.25, -0.2) is 0 Å². The number of hydrogen-bond donors (Lipinski definition) is 1. The van der Waals surface area contributed by atoms with E-state index in [1.807, 2.05) is 42.5 Å². The molecule has 114 valence electrons. The van der Waals surface area contributed by atoms with E-state index in [-0.39, 0.29) is 5.91 Å². The number of hydrogen-bond acceptors (Lipinski definition) is 3. The monoisotopic (exact) mass is 296 g/mol. The molecular weight excluding hydrogens is 276 g/mol. The summed E-state index contributed by atoms with van der Waals surface area (Å²) >= 11 is 0. The van der Waals surface area contributed by atoms with Gasteiger partial charge in [0.25, 0.3) is 0 Å². The Bertz CT molecular complexity index is 607. The summed E-state index contributed by atoms with van der Waals surface area (Å²) in [6.45, 7) is 1.74. The highest BCUT2D eigenvalue weighted by Crippen LogP contribution is 2.35. The van der Waals surface area contributed by atoms with Crippen molar-refractivity contribution in [3.63, 3.8) is 0 Å². The zero-order chi connectivity index (χ0) is 15.3. The second-order valence-electron chi connectivity index (χ2n) is 5.60. The van der Waals surface area contributed by atoms with Crippen LogP contribution in [-0.4, -0.2) is 24.1 Å². The van der Waals surface area contributed by atoms with Crippen LogP contribution in [-0.2, 0) is 21.5 Å². The first-order chi connectivity index (χ1) is 10.8. The van der Waals surface area contributed by atoms with Gasteiger partial charge in [-0.2, -0.15) is 0 Å². The van der Waals surface area contributed by atoms with E-state index in [1.165, 1.54) is 0 Å². The van der Waals surface area contributed by atoms with Gasteiger partial charge < -0.3 is 10.1 Å². The van der Waals surface area contributed by atoms with Crippen LogP contribution in [0.25, 0.3) is 0 Å². The van der Waals surface area contributed by atoms with Crippen molar-refractivity contribution in [1.29, 1.82) is 0 Å². The van der Waals surface area contributed by atoms with Crippen molar-refractivity contribution in [2.75, 3.05) is 13.2 Å². The van der Waals surface area contributed by atoms with Gasteiger partial charge >= 0.3 is 0 Å². The minimum Gasteiger partial charge on any atom is -0.381 e. The maximum atomic E-state index is 12.9. The predicted octanol–water partition coefficient (Wildman–Crippen LogP) is 2.45. The summed E-state index contributed by atoms with van der Waals surface area (Å²) in [4.78, 5) is 17.0. The molecule has 22 heavy (non-hydrogen) atoms. The van der Waals surface area contributed by atoms with Crippen LogP contribution in [0.2, 0.25) is 0 Å². The third-order valence-electron chi connectivity index (χ3n) is 4.28. The second kappa shape index (κ2) is 6.71. The highest BCUT2D eigenvalue weighted by molar-refractivity contribution is 5.88. The van der Waals surface area contributed by atoms with Crippen LogP contribution >= 0.6 is 0 Å². The topological polar surface area (TPSA) is 51.2 Å². The van der Waals surface area contributed by atoms with E-state index in [0.717, 1.165) is 24.0 Å². The van der Waals surface area contributed by atoms with Crippen LogP contribution < -0.4 is 5.32 Å². The third kappa shape index (κ3) is 3.02. The highest BCUT2D eigenvalue weighted by atomic mass is 16.5. The molecule has 1 aliphatic heterocycles. The fourth-order valence-electron chi connectivity index (χ4n) is 2.98. The van der Waals surface area contributed by atoms with Gasteiger partial charge in [-0.15, -0.1) is 0 Å². The van der Waals surface area contributed by atoms with Crippen LogP contribution in [0.4, 0.5) is 0 Å². The molecule has 1 amide bonds. The molecule has 0 atom stereocenters. The summed E-state index contributed by atoms with van der Waals surface area (Å²) in [5.74, 6) is 0.0749. The molecule has 2 aromatic rings. The van der Waals surface area contributed by atoms with Crippen molar-refractivity contribution in [3.05, 3.63) is 66.0 Å². The van der Waals surface area contributed by atoms with Crippen LogP contribution in [0, 0.1) is 0 Å². The second-order valence-corrected chi connectivity index (χ2v) is 5.60. The lowest BCUT2D eigenvalue weighted by atomic mass is 9.73. The third-order valence-corrected chi connectivity index (χ3v) is 4.28. The van der Waals surface area contributed by atoms with Gasteiger partial charge in [-0.05, 0) is 30.0 Å². The molecule has 1 saturated heterocycles. The molecule has 1 fully saturated rings. The van der Waals surface area contributed by atoms with Crippen molar-refractivity contribution in [3.8, 4) is 0 Å². The van der Waals surface area contributed by atoms with E-state index >= 15 is 0 Å². The van der Waals surface area contributed by atoms with Crippen molar-refractivity contribution < 1.29 is 9.53 Å². The van der Waals surface area contributed by atoms with Crippen molar-refractivity contribution >= 4 is 5.91 Å². The van der Waals surface area contributed by atoms with Crippen LogP contribution in [0.1, 0.15) is 24.0 Å². The SMILES string of the molecule is O=C(NCc1cccnc1)C1(c2ccccc2)CCOCC1. The molecule has 2 heterocycles. The Kier molecular flexibility index (Phi) is 4.49. The van der Waals surface area contributed by atoms with Gasteiger partial charge in [0.2, 0.25) is 5.91 Å². The number of nitrogens with one attached hydrogen (secondary N) is 1. The Morgan fingerprint density at radius 3 is 2.59 bits per heavy atom. The summed E-state index contributed by atoms with van der Waals surface area (Å²) in [5.41, 5.74) is 1.59. The van der Waals surface area contributed by atoms with Crippen LogP contribution in [0.15, 0.2) is 54.9 Å². The maximum Gasteiger partial charge on any atom is 0.231 e. The quantitative estimate of drug-likeness (QED) is 0.943. The first-order valence-electron chi connectivity index (χ1n) is 7.62. The van der Waals surface area contributed by atoms with E-state index in [9.17, 15) is 4.79 Å². The number of carbonyl (C=O) groups excluding carboxylic acids is 1. The van der Waals surface area contributed by atoms with Gasteiger partial charge in [0.05, 0.1) is 5.41 Å². The molecule has 3 rings (SSSR count). The number of ether oxygens (including phenoxy) is 1. The molecule has 0 spiro atoms. The predicted molar refractivity (Wildman–Crippen MR) is 84.3 cm³/mol. The Balaban J connectivity index is 1.79. The Hall–Kier alpha value is -2.20. The number of amides is 1. The molecule has 1 aliphatic rings. The summed E-state index contributed by atoms with van der Waals surface area (Å²) in [6.07, 6.45) is 4.94. The normalized spacial score (nSPS) is 16.9. The lowest BCUT2D eigenvalue weighted by molar-refractivity contribution is -0.130. The molecule has 0 radical (unpaired) electrons. The molecule has 0 aliphatic carbocycles. The number of benzene rings is 1. The Morgan fingerprint density at radius 2 is 1.91 bits per heavy atom. The molecule has 1 aromatic heterocycles. The average Bonchev–Trinajstić information content (AvgIpc) is 2.62. The van der Waals surface area contributed by atoms with E-state index in [0.29, 0.717) is 19.8 Å². The van der Waals surface area contributed by atoms with Crippen molar-refractivity contribution in [2.24, 2.45) is 0 Å². The standard InChI is InChI=1S/C18H20N2O2/c21-17(20-14-15-5-4-10-19-13-15)18(8-11-22-12-9-18)16-6-2-1-3-7-16/h1-7,10,13H,8-9,11-12,14H2,(H,20,21). The summed E-state index contributed by atoms with van der Waals surface area (Å²) in [5, 5.41) is 3.07. The number of carbonyl (C=O) groups is 1. The smallest absolute Gasteiger partial charge is 0.231 e. The Morgan fingerprint density at radius 1 is 1.14 bits per heavy atom. The summed E-state index contributed by atoms with van der Waals surface area (Å²) in [7, 11) is 0. The fourth-order valence-corrected chi connectivity index (χ4v) is 2.98. The van der Waals surface area contributed by atoms with Crippen LogP contribution in [0.5, 0.6) is 0 Å². The van der Waals surface area contributed by atoms with E-state index in [4.69, 9.17) is 4.74 Å². The van der Waals surface area contributed by atoms with Gasteiger partial charge in [-0.3, -0.25) is 9.78 Å². The minimum absolute atomic E-state index is 0.0749. The van der Waals surface area contributed by atoms with Crippen molar-refractivity contribution in [2.45, 2.75) is 24.8 Å². The van der Waals surface area contributed by atoms with Crippen LogP contribution in [0.3, 0.4) is 0 Å². The van der Waals surface area contributed by atoms with Crippen molar-refractivity contribution in [1.82, 2.24) is 10.3 Å². The number of pyridine rings is 1. The molecular formula is C18H20N2O2. The lowest BCUT2D eigenvalue weighted by Gasteiger charge is -2.36. The maximum absolute atomic E-state index is 12.9. The lowest BCUT2D eigenvalue weighted by Crippen LogP contribution is -2.47. The van der Waals surface area contributed by atoms with Gasteiger partial charge in [0, 0.05) is 32.2 Å². The number of nitrogens with zero attached hydrogens (tertiary/aromatic N) is 1. The van der Waals surface area contributed by atoms with Gasteiger partial charge in [0.1, 0.15) is 0 Å². The summed E-state index contributed by atoms with van der Waals surface area (Å²) < 4.78 is 5.47.